The van der Waals surface area contributed by atoms with Crippen LogP contribution in [0.1, 0.15) is 18.6 Å². The molecule has 0 aliphatic carbocycles. The van der Waals surface area contributed by atoms with Crippen LogP contribution in [0.25, 0.3) is 0 Å². The van der Waals surface area contributed by atoms with Gasteiger partial charge in [0.25, 0.3) is 5.69 Å². The van der Waals surface area contributed by atoms with Crippen LogP contribution >= 0.6 is 0 Å². The number of non-ortho nitro benzene ring substituents is 1. The van der Waals surface area contributed by atoms with Crippen molar-refractivity contribution in [2.45, 2.75) is 24.0 Å². The molecular formula is C18H18N2O9S. The minimum absolute atomic E-state index is 0.00294. The summed E-state index contributed by atoms with van der Waals surface area (Å²) in [7, 11) is -4.32. The van der Waals surface area contributed by atoms with Gasteiger partial charge in [-0.3, -0.25) is 14.9 Å². The van der Waals surface area contributed by atoms with E-state index >= 15 is 0 Å². The van der Waals surface area contributed by atoms with E-state index in [4.69, 9.17) is 14.2 Å². The Bertz CT molecular complexity index is 1050. The quantitative estimate of drug-likeness (QED) is 0.352. The highest BCUT2D eigenvalue weighted by Crippen LogP contribution is 2.35. The largest absolute Gasteiger partial charge is 0.465 e. The second kappa shape index (κ2) is 8.65. The topological polar surface area (TPSA) is 154 Å². The molecule has 3 rings (SSSR count). The summed E-state index contributed by atoms with van der Waals surface area (Å²) >= 11 is 0. The summed E-state index contributed by atoms with van der Waals surface area (Å²) in [4.78, 5) is 22.2. The van der Waals surface area contributed by atoms with Gasteiger partial charge < -0.3 is 19.3 Å². The van der Waals surface area contributed by atoms with Gasteiger partial charge in [-0.1, -0.05) is 6.07 Å². The number of carbonyl (C=O) groups is 1. The van der Waals surface area contributed by atoms with E-state index in [0.29, 0.717) is 11.5 Å². The summed E-state index contributed by atoms with van der Waals surface area (Å²) < 4.78 is 42.9. The molecule has 0 aromatic heterocycles. The first kappa shape index (κ1) is 21.5. The summed E-state index contributed by atoms with van der Waals surface area (Å²) in [6, 6.07) is 6.82. The van der Waals surface area contributed by atoms with Gasteiger partial charge in [0.2, 0.25) is 16.8 Å². The van der Waals surface area contributed by atoms with Crippen LogP contribution in [0.4, 0.5) is 5.69 Å². The molecular weight excluding hydrogens is 420 g/mol. The molecule has 0 amide bonds. The standard InChI is InChI=1S/C18H18N2O9S/c1-2-27-18(22)16(17(21)11-3-8-14-15(9-11)29-10-28-14)19-30(25,26)13-6-4-12(5-7-13)20(23)24/h3-9,16-17,19,21H,2,10H2,1H3. The lowest BCUT2D eigenvalue weighted by Gasteiger charge is -2.23. The van der Waals surface area contributed by atoms with Crippen molar-refractivity contribution < 1.29 is 37.5 Å². The number of carbonyl (C=O) groups excluding carboxylic acids is 1. The third-order valence-corrected chi connectivity index (χ3v) is 5.69. The Balaban J connectivity index is 1.89. The second-order valence-electron chi connectivity index (χ2n) is 6.16. The van der Waals surface area contributed by atoms with Gasteiger partial charge in [0, 0.05) is 12.1 Å². The minimum atomic E-state index is -4.32. The van der Waals surface area contributed by atoms with Crippen LogP contribution in [0, 0.1) is 10.1 Å². The average molecular weight is 438 g/mol. The lowest BCUT2D eigenvalue weighted by Crippen LogP contribution is -2.45. The number of benzene rings is 2. The van der Waals surface area contributed by atoms with Gasteiger partial charge in [0.05, 0.1) is 16.4 Å². The average Bonchev–Trinajstić information content (AvgIpc) is 3.19. The van der Waals surface area contributed by atoms with Gasteiger partial charge in [-0.05, 0) is 36.8 Å². The molecule has 2 atom stereocenters. The summed E-state index contributed by atoms with van der Waals surface area (Å²) in [6.45, 7) is 1.50. The highest BCUT2D eigenvalue weighted by atomic mass is 32.2. The Morgan fingerprint density at radius 3 is 2.53 bits per heavy atom. The fraction of sp³-hybridized carbons (Fsp3) is 0.278. The number of sulfonamides is 1. The summed E-state index contributed by atoms with van der Waals surface area (Å²) in [5.41, 5.74) is -0.0972. The number of hydrogen-bond acceptors (Lipinski definition) is 9. The molecule has 1 aliphatic heterocycles. The van der Waals surface area contributed by atoms with Gasteiger partial charge in [0.1, 0.15) is 12.1 Å². The Morgan fingerprint density at radius 2 is 1.90 bits per heavy atom. The maximum Gasteiger partial charge on any atom is 0.327 e. The Kier molecular flexibility index (Phi) is 6.20. The molecule has 12 heteroatoms. The predicted molar refractivity (Wildman–Crippen MR) is 101 cm³/mol. The minimum Gasteiger partial charge on any atom is -0.465 e. The van der Waals surface area contributed by atoms with E-state index in [1.165, 1.54) is 25.1 Å². The normalized spacial score (nSPS) is 14.7. The van der Waals surface area contributed by atoms with E-state index in [9.17, 15) is 28.4 Å². The molecule has 0 bridgehead atoms. The molecule has 2 unspecified atom stereocenters. The van der Waals surface area contributed by atoms with E-state index in [2.05, 4.69) is 4.72 Å². The molecule has 0 saturated heterocycles. The highest BCUT2D eigenvalue weighted by Gasteiger charge is 2.35. The third kappa shape index (κ3) is 4.50. The van der Waals surface area contributed by atoms with Crippen LogP contribution in [-0.2, 0) is 19.6 Å². The van der Waals surface area contributed by atoms with Gasteiger partial charge in [-0.2, -0.15) is 4.72 Å². The number of nitrogens with one attached hydrogen (secondary N) is 1. The van der Waals surface area contributed by atoms with Crippen LogP contribution in [0.3, 0.4) is 0 Å². The number of fused-ring (bicyclic) bond motifs is 1. The van der Waals surface area contributed by atoms with E-state index < -0.39 is 33.1 Å². The number of nitrogens with zero attached hydrogens (tertiary/aromatic N) is 1. The van der Waals surface area contributed by atoms with Crippen LogP contribution < -0.4 is 14.2 Å². The van der Waals surface area contributed by atoms with Crippen molar-refractivity contribution in [3.05, 3.63) is 58.1 Å². The first-order valence-corrected chi connectivity index (χ1v) is 10.2. The second-order valence-corrected chi connectivity index (χ2v) is 7.87. The lowest BCUT2D eigenvalue weighted by molar-refractivity contribution is -0.384. The fourth-order valence-corrected chi connectivity index (χ4v) is 3.94. The zero-order valence-corrected chi connectivity index (χ0v) is 16.5. The van der Waals surface area contributed by atoms with Gasteiger partial charge in [0.15, 0.2) is 11.5 Å². The van der Waals surface area contributed by atoms with Crippen LogP contribution in [0.2, 0.25) is 0 Å². The van der Waals surface area contributed by atoms with Crippen molar-refractivity contribution in [2.24, 2.45) is 0 Å². The number of esters is 1. The first-order valence-electron chi connectivity index (χ1n) is 8.74. The number of aliphatic hydroxyl groups excluding tert-OH is 1. The maximum atomic E-state index is 12.7. The molecule has 30 heavy (non-hydrogen) atoms. The zero-order valence-electron chi connectivity index (χ0n) is 15.7. The highest BCUT2D eigenvalue weighted by molar-refractivity contribution is 7.89. The van der Waals surface area contributed by atoms with E-state index in [1.54, 1.807) is 0 Å². The molecule has 2 aromatic rings. The Morgan fingerprint density at radius 1 is 1.23 bits per heavy atom. The monoisotopic (exact) mass is 438 g/mol. The van der Waals surface area contributed by atoms with Crippen molar-refractivity contribution in [3.63, 3.8) is 0 Å². The molecule has 1 aliphatic rings. The van der Waals surface area contributed by atoms with Crippen molar-refractivity contribution in [3.8, 4) is 11.5 Å². The maximum absolute atomic E-state index is 12.7. The number of nitro benzene ring substituents is 1. The number of aliphatic hydroxyl groups is 1. The number of nitro groups is 1. The molecule has 0 fully saturated rings. The molecule has 11 nitrogen and oxygen atoms in total. The van der Waals surface area contributed by atoms with Crippen molar-refractivity contribution in [2.75, 3.05) is 13.4 Å². The summed E-state index contributed by atoms with van der Waals surface area (Å²) in [6.07, 6.45) is -1.61. The first-order chi connectivity index (χ1) is 14.2. The van der Waals surface area contributed by atoms with Crippen LogP contribution in [-0.4, -0.2) is 43.9 Å². The smallest absolute Gasteiger partial charge is 0.327 e. The molecule has 0 spiro atoms. The fourth-order valence-electron chi connectivity index (χ4n) is 2.75. The van der Waals surface area contributed by atoms with Gasteiger partial charge in [-0.25, -0.2) is 8.42 Å². The Hall–Kier alpha value is -3.22. The van der Waals surface area contributed by atoms with E-state index in [1.807, 2.05) is 0 Å². The number of rotatable bonds is 8. The summed E-state index contributed by atoms with van der Waals surface area (Å²) in [5, 5.41) is 21.5. The molecule has 160 valence electrons. The van der Waals surface area contributed by atoms with E-state index in [0.717, 1.165) is 24.3 Å². The molecule has 2 N–H and O–H groups in total. The van der Waals surface area contributed by atoms with Crippen molar-refractivity contribution >= 4 is 21.7 Å². The van der Waals surface area contributed by atoms with Crippen molar-refractivity contribution in [1.82, 2.24) is 4.72 Å². The molecule has 0 saturated carbocycles. The SMILES string of the molecule is CCOC(=O)C(NS(=O)(=O)c1ccc([N+](=O)[O-])cc1)C(O)c1ccc2c(c1)OCO2. The third-order valence-electron chi connectivity index (χ3n) is 4.23. The number of ether oxygens (including phenoxy) is 3. The molecule has 1 heterocycles. The van der Waals surface area contributed by atoms with Gasteiger partial charge in [-0.15, -0.1) is 0 Å². The Labute approximate surface area is 171 Å². The summed E-state index contributed by atoms with van der Waals surface area (Å²) in [5.74, 6) is -0.203. The van der Waals surface area contributed by atoms with E-state index in [-0.39, 0.29) is 29.5 Å². The van der Waals surface area contributed by atoms with Gasteiger partial charge >= 0.3 is 5.97 Å². The molecule has 2 aromatic carbocycles. The zero-order chi connectivity index (χ0) is 21.9. The predicted octanol–water partition coefficient (Wildman–Crippen LogP) is 1.27. The van der Waals surface area contributed by atoms with Crippen molar-refractivity contribution in [1.29, 1.82) is 0 Å². The number of hydrogen-bond donors (Lipinski definition) is 2. The van der Waals surface area contributed by atoms with Crippen LogP contribution in [0.15, 0.2) is 47.4 Å². The molecule has 0 radical (unpaired) electrons. The lowest BCUT2D eigenvalue weighted by atomic mass is 10.0. The van der Waals surface area contributed by atoms with Crippen LogP contribution in [0.5, 0.6) is 11.5 Å².